The first kappa shape index (κ1) is 28.8. The fourth-order valence-corrected chi connectivity index (χ4v) is 3.78. The smallest absolute Gasteiger partial charge is 0.408 e. The van der Waals surface area contributed by atoms with E-state index in [0.717, 1.165) is 12.8 Å². The van der Waals surface area contributed by atoms with Crippen molar-refractivity contribution in [3.63, 3.8) is 0 Å². The van der Waals surface area contributed by atoms with Crippen LogP contribution in [-0.2, 0) is 4.74 Å². The third-order valence-corrected chi connectivity index (χ3v) is 5.84. The van der Waals surface area contributed by atoms with Crippen LogP contribution in [0.2, 0.25) is 0 Å². The van der Waals surface area contributed by atoms with Crippen LogP contribution in [0.5, 0.6) is 5.75 Å². The van der Waals surface area contributed by atoms with Crippen molar-refractivity contribution in [3.05, 3.63) is 29.8 Å². The first-order valence-corrected chi connectivity index (χ1v) is 13.1. The maximum absolute atomic E-state index is 11.9. The zero-order chi connectivity index (χ0) is 24.0. The van der Waals surface area contributed by atoms with Crippen LogP contribution in [0.1, 0.15) is 120 Å². The molecule has 0 saturated heterocycles. The number of phenolic OH excluding ortho intramolecular Hbond substituents is 1. The van der Waals surface area contributed by atoms with Crippen molar-refractivity contribution >= 4 is 12.0 Å². The van der Waals surface area contributed by atoms with Gasteiger partial charge in [0.2, 0.25) is 0 Å². The second-order valence-corrected chi connectivity index (χ2v) is 8.85. The Hall–Kier alpha value is -2.24. The van der Waals surface area contributed by atoms with E-state index in [0.29, 0.717) is 12.2 Å². The van der Waals surface area contributed by atoms with Crippen LogP contribution in [0.4, 0.5) is 4.79 Å². The molecule has 0 unspecified atom stereocenters. The summed E-state index contributed by atoms with van der Waals surface area (Å²) < 4.78 is 5.13. The molecule has 1 aromatic carbocycles. The van der Waals surface area contributed by atoms with Crippen LogP contribution in [0.15, 0.2) is 24.3 Å². The molecule has 33 heavy (non-hydrogen) atoms. The highest BCUT2D eigenvalue weighted by molar-refractivity contribution is 5.94. The third kappa shape index (κ3) is 17.0. The van der Waals surface area contributed by atoms with Crippen molar-refractivity contribution in [1.29, 1.82) is 0 Å². The van der Waals surface area contributed by atoms with Gasteiger partial charge in [-0.1, -0.05) is 103 Å². The van der Waals surface area contributed by atoms with Gasteiger partial charge >= 0.3 is 6.09 Å². The number of phenols is 1. The van der Waals surface area contributed by atoms with E-state index in [2.05, 4.69) is 17.6 Å². The molecule has 0 aliphatic rings. The Morgan fingerprint density at radius 1 is 0.697 bits per heavy atom. The Morgan fingerprint density at radius 2 is 1.15 bits per heavy atom. The molecule has 3 N–H and O–H groups in total. The second kappa shape index (κ2) is 20.4. The molecule has 0 aromatic heterocycles. The Kier molecular flexibility index (Phi) is 17.8. The van der Waals surface area contributed by atoms with E-state index in [4.69, 9.17) is 4.74 Å². The molecule has 0 bridgehead atoms. The summed E-state index contributed by atoms with van der Waals surface area (Å²) in [6.07, 6.45) is 20.4. The maximum Gasteiger partial charge on any atom is 0.408 e. The Morgan fingerprint density at radius 3 is 1.64 bits per heavy atom. The fourth-order valence-electron chi connectivity index (χ4n) is 3.78. The van der Waals surface area contributed by atoms with Crippen LogP contribution in [0, 0.1) is 0 Å². The summed E-state index contributed by atoms with van der Waals surface area (Å²) in [5, 5.41) is 14.3. The Bertz CT molecular complexity index is 619. The van der Waals surface area contributed by atoms with Gasteiger partial charge in [-0.25, -0.2) is 4.79 Å². The van der Waals surface area contributed by atoms with Crippen LogP contribution in [-0.4, -0.2) is 30.4 Å². The lowest BCUT2D eigenvalue weighted by atomic mass is 10.0. The molecule has 0 saturated carbocycles. The average molecular weight is 463 g/mol. The second-order valence-electron chi connectivity index (χ2n) is 8.85. The molecule has 2 amide bonds. The fraction of sp³-hybridized carbons (Fsp3) is 0.704. The first-order valence-electron chi connectivity index (χ1n) is 13.1. The topological polar surface area (TPSA) is 87.7 Å². The van der Waals surface area contributed by atoms with Gasteiger partial charge in [-0.3, -0.25) is 4.79 Å². The van der Waals surface area contributed by atoms with E-state index in [1.165, 1.54) is 114 Å². The van der Waals surface area contributed by atoms with Gasteiger partial charge in [0.05, 0.1) is 13.3 Å². The summed E-state index contributed by atoms with van der Waals surface area (Å²) in [6, 6.07) is 5.91. The Balaban J connectivity index is 1.81. The molecule has 0 spiro atoms. The first-order chi connectivity index (χ1) is 16.1. The summed E-state index contributed by atoms with van der Waals surface area (Å²) in [7, 11) is 0. The molecule has 0 heterocycles. The maximum atomic E-state index is 11.9. The van der Waals surface area contributed by atoms with Gasteiger partial charge in [0.25, 0.3) is 5.91 Å². The molecule has 188 valence electrons. The van der Waals surface area contributed by atoms with Crippen molar-refractivity contribution in [2.45, 2.75) is 110 Å². The van der Waals surface area contributed by atoms with Gasteiger partial charge in [0, 0.05) is 5.56 Å². The predicted octanol–water partition coefficient (Wildman–Crippen LogP) is 7.07. The van der Waals surface area contributed by atoms with Gasteiger partial charge in [-0.2, -0.15) is 0 Å². The standard InChI is InChI=1S/C27H46N2O4/c1-2-3-4-5-6-7-8-9-10-11-12-13-14-15-16-17-22-33-27(32)29-23-28-26(31)24-18-20-25(30)21-19-24/h18-21,30H,2-17,22-23H2,1H3,(H,28,31)(H,29,32). The van der Waals surface area contributed by atoms with E-state index >= 15 is 0 Å². The number of aromatic hydroxyl groups is 1. The van der Waals surface area contributed by atoms with Crippen LogP contribution >= 0.6 is 0 Å². The monoisotopic (exact) mass is 462 g/mol. The largest absolute Gasteiger partial charge is 0.508 e. The van der Waals surface area contributed by atoms with Gasteiger partial charge in [0.1, 0.15) is 5.75 Å². The highest BCUT2D eigenvalue weighted by Gasteiger charge is 2.06. The van der Waals surface area contributed by atoms with E-state index in [-0.39, 0.29) is 18.3 Å². The van der Waals surface area contributed by atoms with E-state index in [1.807, 2.05) is 0 Å². The molecule has 1 aromatic rings. The number of ether oxygens (including phenoxy) is 1. The molecule has 6 nitrogen and oxygen atoms in total. The van der Waals surface area contributed by atoms with Crippen molar-refractivity contribution in [2.24, 2.45) is 0 Å². The molecule has 6 heteroatoms. The number of alkyl carbamates (subject to hydrolysis) is 1. The Labute approximate surface area is 200 Å². The summed E-state index contributed by atoms with van der Waals surface area (Å²) >= 11 is 0. The van der Waals surface area contributed by atoms with Gasteiger partial charge in [0.15, 0.2) is 0 Å². The molecular weight excluding hydrogens is 416 g/mol. The predicted molar refractivity (Wildman–Crippen MR) is 134 cm³/mol. The number of rotatable bonds is 20. The van der Waals surface area contributed by atoms with E-state index in [9.17, 15) is 14.7 Å². The number of nitrogens with one attached hydrogen (secondary N) is 2. The average Bonchev–Trinajstić information content (AvgIpc) is 2.81. The zero-order valence-electron chi connectivity index (χ0n) is 20.7. The lowest BCUT2D eigenvalue weighted by molar-refractivity contribution is 0.0948. The number of hydrogen-bond donors (Lipinski definition) is 3. The third-order valence-electron chi connectivity index (χ3n) is 5.84. The number of amides is 2. The molecule has 0 fully saturated rings. The van der Waals surface area contributed by atoms with Crippen LogP contribution in [0.3, 0.4) is 0 Å². The molecule has 1 rings (SSSR count). The summed E-state index contributed by atoms with van der Waals surface area (Å²) in [5.41, 5.74) is 0.413. The van der Waals surface area contributed by atoms with Crippen LogP contribution < -0.4 is 10.6 Å². The SMILES string of the molecule is CCCCCCCCCCCCCCCCCCOC(=O)NCNC(=O)c1ccc(O)cc1. The molecule has 0 atom stereocenters. The van der Waals surface area contributed by atoms with Gasteiger partial charge in [-0.15, -0.1) is 0 Å². The quantitative estimate of drug-likeness (QED) is 0.143. The van der Waals surface area contributed by atoms with Crippen molar-refractivity contribution in [2.75, 3.05) is 13.3 Å². The van der Waals surface area contributed by atoms with Crippen molar-refractivity contribution < 1.29 is 19.4 Å². The highest BCUT2D eigenvalue weighted by Crippen LogP contribution is 2.13. The van der Waals surface area contributed by atoms with Crippen LogP contribution in [0.25, 0.3) is 0 Å². The summed E-state index contributed by atoms with van der Waals surface area (Å²) in [4.78, 5) is 23.5. The highest BCUT2D eigenvalue weighted by atomic mass is 16.5. The number of carbonyl (C=O) groups excluding carboxylic acids is 2. The molecule has 0 aliphatic heterocycles. The van der Waals surface area contributed by atoms with E-state index < -0.39 is 6.09 Å². The zero-order valence-corrected chi connectivity index (χ0v) is 20.7. The number of hydrogen-bond acceptors (Lipinski definition) is 4. The summed E-state index contributed by atoms with van der Waals surface area (Å²) in [6.45, 7) is 2.67. The number of carbonyl (C=O) groups is 2. The van der Waals surface area contributed by atoms with E-state index in [1.54, 1.807) is 0 Å². The normalized spacial score (nSPS) is 10.7. The van der Waals surface area contributed by atoms with Crippen molar-refractivity contribution in [1.82, 2.24) is 10.6 Å². The lowest BCUT2D eigenvalue weighted by Crippen LogP contribution is -2.37. The lowest BCUT2D eigenvalue weighted by Gasteiger charge is -2.08. The summed E-state index contributed by atoms with van der Waals surface area (Å²) in [5.74, 6) is -0.226. The molecular formula is C27H46N2O4. The number of benzene rings is 1. The minimum atomic E-state index is -0.526. The number of unbranched alkanes of at least 4 members (excludes halogenated alkanes) is 15. The van der Waals surface area contributed by atoms with Gasteiger partial charge in [-0.05, 0) is 30.7 Å². The minimum absolute atomic E-state index is 0.00248. The van der Waals surface area contributed by atoms with Crippen molar-refractivity contribution in [3.8, 4) is 5.75 Å². The molecule has 0 aliphatic carbocycles. The molecule has 0 radical (unpaired) electrons. The minimum Gasteiger partial charge on any atom is -0.508 e. The van der Waals surface area contributed by atoms with Gasteiger partial charge < -0.3 is 20.5 Å².